The molecular weight excluding hydrogens is 355 g/mol. The maximum absolute atomic E-state index is 12.9. The number of rotatable bonds is 5. The Balaban J connectivity index is 1.30. The van der Waals surface area contributed by atoms with E-state index >= 15 is 0 Å². The van der Waals surface area contributed by atoms with Crippen LogP contribution in [0.15, 0.2) is 24.3 Å². The number of benzene rings is 1. The Labute approximate surface area is 155 Å². The highest BCUT2D eigenvalue weighted by molar-refractivity contribution is 7.13. The second-order valence-corrected chi connectivity index (χ2v) is 7.97. The van der Waals surface area contributed by atoms with Crippen molar-refractivity contribution in [2.75, 3.05) is 19.7 Å². The zero-order valence-corrected chi connectivity index (χ0v) is 15.2. The Hall–Kier alpha value is -1.90. The maximum atomic E-state index is 12.9. The minimum Gasteiger partial charge on any atom is -0.372 e. The van der Waals surface area contributed by atoms with Gasteiger partial charge >= 0.3 is 0 Å². The van der Waals surface area contributed by atoms with Gasteiger partial charge in [0, 0.05) is 19.6 Å². The molecule has 1 aliphatic heterocycles. The molecule has 0 unspecified atom stereocenters. The van der Waals surface area contributed by atoms with Gasteiger partial charge in [0.2, 0.25) is 5.01 Å². The zero-order valence-electron chi connectivity index (χ0n) is 14.4. The molecule has 0 bridgehead atoms. The average molecular weight is 376 g/mol. The van der Waals surface area contributed by atoms with E-state index in [-0.39, 0.29) is 17.3 Å². The maximum Gasteiger partial charge on any atom is 0.282 e. The molecule has 1 N–H and O–H groups in total. The van der Waals surface area contributed by atoms with Crippen LogP contribution in [0.5, 0.6) is 0 Å². The van der Waals surface area contributed by atoms with Gasteiger partial charge < -0.3 is 10.1 Å². The Bertz CT molecular complexity index is 776. The standard InChI is InChI=1S/C18H21FN4O2S/c19-14-4-2-13(3-5-14)10-20-16(24)17-22-21-15(26-17)11-23-8-9-25-18(12-23)6-1-7-18/h2-5H,1,6-12H2,(H,20,24). The third kappa shape index (κ3) is 3.92. The molecule has 1 saturated carbocycles. The molecule has 2 fully saturated rings. The first-order valence-corrected chi connectivity index (χ1v) is 9.65. The molecule has 2 aromatic rings. The van der Waals surface area contributed by atoms with E-state index in [1.807, 2.05) is 0 Å². The molecule has 0 atom stereocenters. The van der Waals surface area contributed by atoms with Gasteiger partial charge in [-0.2, -0.15) is 0 Å². The van der Waals surface area contributed by atoms with Crippen molar-refractivity contribution in [1.29, 1.82) is 0 Å². The predicted molar refractivity (Wildman–Crippen MR) is 95.3 cm³/mol. The van der Waals surface area contributed by atoms with Gasteiger partial charge in [-0.25, -0.2) is 4.39 Å². The number of carbonyl (C=O) groups is 1. The van der Waals surface area contributed by atoms with Crippen molar-refractivity contribution in [3.8, 4) is 0 Å². The molecule has 6 nitrogen and oxygen atoms in total. The Kier molecular flexibility index (Phi) is 4.97. The number of carbonyl (C=O) groups excluding carboxylic acids is 1. The fourth-order valence-corrected chi connectivity index (χ4v) is 4.19. The first-order chi connectivity index (χ1) is 12.6. The normalized spacial score (nSPS) is 19.3. The van der Waals surface area contributed by atoms with Crippen LogP contribution in [-0.4, -0.2) is 46.3 Å². The largest absolute Gasteiger partial charge is 0.372 e. The molecule has 138 valence electrons. The Morgan fingerprint density at radius 3 is 2.85 bits per heavy atom. The Morgan fingerprint density at radius 1 is 1.31 bits per heavy atom. The summed E-state index contributed by atoms with van der Waals surface area (Å²) in [7, 11) is 0. The van der Waals surface area contributed by atoms with Crippen LogP contribution < -0.4 is 5.32 Å². The summed E-state index contributed by atoms with van der Waals surface area (Å²) < 4.78 is 18.8. The molecular formula is C18H21FN4O2S. The molecule has 1 aromatic carbocycles. The van der Waals surface area contributed by atoms with Crippen LogP contribution in [0.25, 0.3) is 0 Å². The summed E-state index contributed by atoms with van der Waals surface area (Å²) in [6, 6.07) is 6.05. The van der Waals surface area contributed by atoms with E-state index in [2.05, 4.69) is 20.4 Å². The van der Waals surface area contributed by atoms with E-state index < -0.39 is 0 Å². The van der Waals surface area contributed by atoms with Crippen LogP contribution in [-0.2, 0) is 17.8 Å². The van der Waals surface area contributed by atoms with Crippen molar-refractivity contribution in [1.82, 2.24) is 20.4 Å². The van der Waals surface area contributed by atoms with E-state index in [1.165, 1.54) is 29.9 Å². The van der Waals surface area contributed by atoms with Crippen molar-refractivity contribution < 1.29 is 13.9 Å². The van der Waals surface area contributed by atoms with Crippen molar-refractivity contribution in [3.05, 3.63) is 45.7 Å². The molecule has 2 aliphatic rings. The van der Waals surface area contributed by atoms with Gasteiger partial charge in [0.05, 0.1) is 18.8 Å². The quantitative estimate of drug-likeness (QED) is 0.868. The summed E-state index contributed by atoms with van der Waals surface area (Å²) in [5, 5.41) is 12.2. The monoisotopic (exact) mass is 376 g/mol. The van der Waals surface area contributed by atoms with Gasteiger partial charge in [-0.05, 0) is 37.0 Å². The third-order valence-corrected chi connectivity index (χ3v) is 5.89. The predicted octanol–water partition coefficient (Wildman–Crippen LogP) is 2.36. The number of amides is 1. The van der Waals surface area contributed by atoms with Gasteiger partial charge in [0.1, 0.15) is 10.8 Å². The Morgan fingerprint density at radius 2 is 2.12 bits per heavy atom. The number of hydrogen-bond acceptors (Lipinski definition) is 6. The molecule has 1 amide bonds. The second kappa shape index (κ2) is 7.38. The lowest BCUT2D eigenvalue weighted by molar-refractivity contribution is -0.152. The van der Waals surface area contributed by atoms with Crippen LogP contribution in [0, 0.1) is 5.82 Å². The van der Waals surface area contributed by atoms with Gasteiger partial charge in [-0.3, -0.25) is 9.69 Å². The van der Waals surface area contributed by atoms with Gasteiger partial charge in [-0.1, -0.05) is 23.5 Å². The van der Waals surface area contributed by atoms with Crippen LogP contribution in [0.4, 0.5) is 4.39 Å². The van der Waals surface area contributed by atoms with Crippen LogP contribution in [0.3, 0.4) is 0 Å². The fourth-order valence-electron chi connectivity index (χ4n) is 3.39. The van der Waals surface area contributed by atoms with E-state index in [0.717, 1.165) is 43.1 Å². The highest BCUT2D eigenvalue weighted by atomic mass is 32.1. The molecule has 1 spiro atoms. The molecule has 1 aromatic heterocycles. The number of morpholine rings is 1. The topological polar surface area (TPSA) is 67.4 Å². The fraction of sp³-hybridized carbons (Fsp3) is 0.500. The molecule has 4 rings (SSSR count). The van der Waals surface area contributed by atoms with Crippen molar-refractivity contribution in [3.63, 3.8) is 0 Å². The molecule has 1 saturated heterocycles. The van der Waals surface area contributed by atoms with Crippen LogP contribution in [0.1, 0.15) is 39.6 Å². The summed E-state index contributed by atoms with van der Waals surface area (Å²) in [6.45, 7) is 3.60. The summed E-state index contributed by atoms with van der Waals surface area (Å²) in [6.07, 6.45) is 3.51. The molecule has 1 aliphatic carbocycles. The van der Waals surface area contributed by atoms with E-state index in [4.69, 9.17) is 4.74 Å². The van der Waals surface area contributed by atoms with Gasteiger partial charge in [0.15, 0.2) is 0 Å². The van der Waals surface area contributed by atoms with Crippen molar-refractivity contribution >= 4 is 17.2 Å². The highest BCUT2D eigenvalue weighted by Crippen LogP contribution is 2.38. The third-order valence-electron chi connectivity index (χ3n) is 4.98. The number of ether oxygens (including phenoxy) is 1. The number of nitrogens with zero attached hydrogens (tertiary/aromatic N) is 3. The van der Waals surface area contributed by atoms with Crippen molar-refractivity contribution in [2.24, 2.45) is 0 Å². The average Bonchev–Trinajstić information content (AvgIpc) is 3.08. The van der Waals surface area contributed by atoms with Gasteiger partial charge in [-0.15, -0.1) is 10.2 Å². The second-order valence-electron chi connectivity index (χ2n) is 6.91. The lowest BCUT2D eigenvalue weighted by atomic mass is 9.79. The highest BCUT2D eigenvalue weighted by Gasteiger charge is 2.42. The van der Waals surface area contributed by atoms with Gasteiger partial charge in [0.25, 0.3) is 5.91 Å². The summed E-state index contributed by atoms with van der Waals surface area (Å²) in [5.74, 6) is -0.545. The van der Waals surface area contributed by atoms with E-state index in [0.29, 0.717) is 18.1 Å². The first-order valence-electron chi connectivity index (χ1n) is 8.83. The summed E-state index contributed by atoms with van der Waals surface area (Å²) in [4.78, 5) is 14.6. The van der Waals surface area contributed by atoms with Crippen LogP contribution >= 0.6 is 11.3 Å². The summed E-state index contributed by atoms with van der Waals surface area (Å²) >= 11 is 1.32. The first kappa shape index (κ1) is 17.5. The number of hydrogen-bond donors (Lipinski definition) is 1. The smallest absolute Gasteiger partial charge is 0.282 e. The number of nitrogens with one attached hydrogen (secondary N) is 1. The van der Waals surface area contributed by atoms with E-state index in [9.17, 15) is 9.18 Å². The number of halogens is 1. The SMILES string of the molecule is O=C(NCc1ccc(F)cc1)c1nnc(CN2CCOC3(CCC3)C2)s1. The number of aromatic nitrogens is 2. The van der Waals surface area contributed by atoms with Crippen molar-refractivity contribution in [2.45, 2.75) is 38.0 Å². The lowest BCUT2D eigenvalue weighted by Gasteiger charge is -2.48. The van der Waals surface area contributed by atoms with Crippen LogP contribution in [0.2, 0.25) is 0 Å². The molecule has 0 radical (unpaired) electrons. The van der Waals surface area contributed by atoms with E-state index in [1.54, 1.807) is 12.1 Å². The molecule has 26 heavy (non-hydrogen) atoms. The minimum absolute atomic E-state index is 0.0539. The molecule has 8 heteroatoms. The lowest BCUT2D eigenvalue weighted by Crippen LogP contribution is -2.55. The summed E-state index contributed by atoms with van der Waals surface area (Å²) in [5.41, 5.74) is 0.891. The zero-order chi connectivity index (χ0) is 18.0. The molecule has 2 heterocycles. The minimum atomic E-state index is -0.291.